The summed E-state index contributed by atoms with van der Waals surface area (Å²) in [6.07, 6.45) is 3.87. The first-order valence-electron chi connectivity index (χ1n) is 9.72. The SMILES string of the molecule is O=C1/C(=C/c2ccc3[nH]ccc3c2)S/C(=N\c2ccccc2)N1Cc1ccccc1. The molecule has 4 nitrogen and oxygen atoms in total. The first kappa shape index (κ1) is 18.5. The van der Waals surface area contributed by atoms with Gasteiger partial charge in [0.15, 0.2) is 5.17 Å². The van der Waals surface area contributed by atoms with Crippen LogP contribution >= 0.6 is 11.8 Å². The minimum atomic E-state index is -0.0206. The van der Waals surface area contributed by atoms with E-state index in [1.54, 1.807) is 4.90 Å². The second kappa shape index (κ2) is 8.05. The minimum absolute atomic E-state index is 0.0206. The number of fused-ring (bicyclic) bond motifs is 1. The van der Waals surface area contributed by atoms with E-state index in [2.05, 4.69) is 11.1 Å². The van der Waals surface area contributed by atoms with Crippen molar-refractivity contribution in [3.63, 3.8) is 0 Å². The summed E-state index contributed by atoms with van der Waals surface area (Å²) in [6.45, 7) is 0.493. The summed E-state index contributed by atoms with van der Waals surface area (Å²) < 4.78 is 0. The Balaban J connectivity index is 1.51. The fraction of sp³-hybridized carbons (Fsp3) is 0.0400. The maximum atomic E-state index is 13.3. The third-order valence-electron chi connectivity index (χ3n) is 4.93. The molecule has 0 unspecified atom stereocenters. The fourth-order valence-corrected chi connectivity index (χ4v) is 4.42. The van der Waals surface area contributed by atoms with Crippen LogP contribution in [0.2, 0.25) is 0 Å². The van der Waals surface area contributed by atoms with E-state index in [9.17, 15) is 4.79 Å². The number of amidine groups is 1. The first-order valence-corrected chi connectivity index (χ1v) is 10.5. The number of nitrogens with one attached hydrogen (secondary N) is 1. The summed E-state index contributed by atoms with van der Waals surface area (Å²) in [6, 6.07) is 27.9. The van der Waals surface area contributed by atoms with Gasteiger partial charge in [0.05, 0.1) is 17.1 Å². The molecule has 0 atom stereocenters. The van der Waals surface area contributed by atoms with Gasteiger partial charge in [0, 0.05) is 11.7 Å². The van der Waals surface area contributed by atoms with Gasteiger partial charge < -0.3 is 4.98 Å². The summed E-state index contributed by atoms with van der Waals surface area (Å²) in [5, 5.41) is 1.82. The molecule has 1 N–H and O–H groups in total. The number of H-pyrrole nitrogens is 1. The van der Waals surface area contributed by atoms with E-state index in [0.29, 0.717) is 16.6 Å². The zero-order chi connectivity index (χ0) is 20.3. The molecular formula is C25H19N3OS. The number of hydrogen-bond donors (Lipinski definition) is 1. The van der Waals surface area contributed by atoms with E-state index < -0.39 is 0 Å². The van der Waals surface area contributed by atoms with Crippen molar-refractivity contribution in [2.24, 2.45) is 4.99 Å². The van der Waals surface area contributed by atoms with Crippen LogP contribution in [0, 0.1) is 0 Å². The molecule has 0 saturated carbocycles. The molecule has 3 aromatic carbocycles. The van der Waals surface area contributed by atoms with E-state index in [1.165, 1.54) is 11.8 Å². The van der Waals surface area contributed by atoms with Crippen LogP contribution in [-0.4, -0.2) is 21.0 Å². The summed E-state index contributed by atoms with van der Waals surface area (Å²) >= 11 is 1.42. The lowest BCUT2D eigenvalue weighted by Crippen LogP contribution is -2.28. The molecule has 4 aromatic rings. The highest BCUT2D eigenvalue weighted by molar-refractivity contribution is 8.18. The Morgan fingerprint density at radius 3 is 2.50 bits per heavy atom. The molecule has 0 aliphatic carbocycles. The number of hydrogen-bond acceptors (Lipinski definition) is 3. The van der Waals surface area contributed by atoms with Gasteiger partial charge >= 0.3 is 0 Å². The summed E-state index contributed by atoms with van der Waals surface area (Å²) in [5.74, 6) is -0.0206. The van der Waals surface area contributed by atoms with Gasteiger partial charge in [0.1, 0.15) is 0 Å². The molecule has 0 bridgehead atoms. The molecule has 1 saturated heterocycles. The van der Waals surface area contributed by atoms with Gasteiger partial charge in [0.2, 0.25) is 0 Å². The first-order chi connectivity index (χ1) is 14.8. The van der Waals surface area contributed by atoms with Crippen LogP contribution in [0.25, 0.3) is 17.0 Å². The van der Waals surface area contributed by atoms with E-state index >= 15 is 0 Å². The average Bonchev–Trinajstić information content (AvgIpc) is 3.35. The Hall–Kier alpha value is -3.57. The third kappa shape index (κ3) is 3.80. The Morgan fingerprint density at radius 1 is 0.933 bits per heavy atom. The summed E-state index contributed by atoms with van der Waals surface area (Å²) in [5.41, 5.74) is 3.99. The maximum Gasteiger partial charge on any atom is 0.267 e. The van der Waals surface area contributed by atoms with E-state index in [-0.39, 0.29) is 5.91 Å². The van der Waals surface area contributed by atoms with Crippen LogP contribution < -0.4 is 0 Å². The maximum absolute atomic E-state index is 13.3. The van der Waals surface area contributed by atoms with Crippen molar-refractivity contribution in [2.45, 2.75) is 6.54 Å². The standard InChI is InChI=1S/C25H19N3OS/c29-24-23(16-19-11-12-22-20(15-19)13-14-26-22)30-25(27-21-9-5-2-6-10-21)28(24)17-18-7-3-1-4-8-18/h1-16,26H,17H2/b23-16-,27-25-. The molecule has 1 amide bonds. The number of para-hydroxylation sites is 1. The van der Waals surface area contributed by atoms with Crippen molar-refractivity contribution in [3.8, 4) is 0 Å². The molecule has 1 aliphatic rings. The number of carbonyl (C=O) groups is 1. The molecule has 0 radical (unpaired) electrons. The number of thioether (sulfide) groups is 1. The van der Waals surface area contributed by atoms with Crippen LogP contribution in [0.5, 0.6) is 0 Å². The van der Waals surface area contributed by atoms with Gasteiger partial charge in [-0.05, 0) is 64.7 Å². The number of amides is 1. The number of benzene rings is 3. The lowest BCUT2D eigenvalue weighted by molar-refractivity contribution is -0.122. The van der Waals surface area contributed by atoms with Crippen LogP contribution in [0.1, 0.15) is 11.1 Å². The van der Waals surface area contributed by atoms with Crippen molar-refractivity contribution in [3.05, 3.63) is 107 Å². The van der Waals surface area contributed by atoms with E-state index in [0.717, 1.165) is 27.7 Å². The highest BCUT2D eigenvalue weighted by Gasteiger charge is 2.33. The van der Waals surface area contributed by atoms with Crippen molar-refractivity contribution in [1.82, 2.24) is 9.88 Å². The average molecular weight is 410 g/mol. The molecule has 5 rings (SSSR count). The number of aromatic nitrogens is 1. The minimum Gasteiger partial charge on any atom is -0.361 e. The van der Waals surface area contributed by atoms with Gasteiger partial charge in [0.25, 0.3) is 5.91 Å². The fourth-order valence-electron chi connectivity index (χ4n) is 3.42. The second-order valence-corrected chi connectivity index (χ2v) is 8.05. The van der Waals surface area contributed by atoms with Gasteiger partial charge in [-0.25, -0.2) is 4.99 Å². The normalized spacial score (nSPS) is 16.8. The lowest BCUT2D eigenvalue weighted by Gasteiger charge is -2.15. The monoisotopic (exact) mass is 409 g/mol. The summed E-state index contributed by atoms with van der Waals surface area (Å²) in [4.78, 5) is 23.7. The number of aromatic amines is 1. The molecule has 1 aliphatic heterocycles. The van der Waals surface area contributed by atoms with Gasteiger partial charge in [-0.2, -0.15) is 0 Å². The molecule has 2 heterocycles. The molecule has 5 heteroatoms. The van der Waals surface area contributed by atoms with Crippen LogP contribution in [0.4, 0.5) is 5.69 Å². The second-order valence-electron chi connectivity index (χ2n) is 7.04. The van der Waals surface area contributed by atoms with Gasteiger partial charge in [-0.15, -0.1) is 0 Å². The molecule has 1 aromatic heterocycles. The Morgan fingerprint density at radius 2 is 1.70 bits per heavy atom. The molecular weight excluding hydrogens is 390 g/mol. The van der Waals surface area contributed by atoms with Crippen LogP contribution in [0.15, 0.2) is 101 Å². The predicted molar refractivity (Wildman–Crippen MR) is 124 cm³/mol. The number of rotatable bonds is 4. The van der Waals surface area contributed by atoms with Crippen molar-refractivity contribution < 1.29 is 4.79 Å². The zero-order valence-electron chi connectivity index (χ0n) is 16.2. The Labute approximate surface area is 179 Å². The molecule has 30 heavy (non-hydrogen) atoms. The number of nitrogens with zero attached hydrogens (tertiary/aromatic N) is 2. The number of carbonyl (C=O) groups excluding carboxylic acids is 1. The van der Waals surface area contributed by atoms with Crippen LogP contribution in [-0.2, 0) is 11.3 Å². The van der Waals surface area contributed by atoms with Crippen molar-refractivity contribution in [1.29, 1.82) is 0 Å². The van der Waals surface area contributed by atoms with Crippen molar-refractivity contribution in [2.75, 3.05) is 0 Å². The highest BCUT2D eigenvalue weighted by atomic mass is 32.2. The van der Waals surface area contributed by atoms with Gasteiger partial charge in [-0.1, -0.05) is 54.6 Å². The number of aliphatic imine (C=N–C) groups is 1. The van der Waals surface area contributed by atoms with Crippen LogP contribution in [0.3, 0.4) is 0 Å². The molecule has 1 fully saturated rings. The molecule has 0 spiro atoms. The predicted octanol–water partition coefficient (Wildman–Crippen LogP) is 5.97. The molecule has 146 valence electrons. The largest absolute Gasteiger partial charge is 0.361 e. The topological polar surface area (TPSA) is 48.5 Å². The lowest BCUT2D eigenvalue weighted by atomic mass is 10.1. The van der Waals surface area contributed by atoms with E-state index in [4.69, 9.17) is 4.99 Å². The highest BCUT2D eigenvalue weighted by Crippen LogP contribution is 2.35. The Bertz CT molecular complexity index is 1260. The van der Waals surface area contributed by atoms with Crippen molar-refractivity contribution >= 4 is 45.5 Å². The Kier molecular flexibility index (Phi) is 4.95. The quantitative estimate of drug-likeness (QED) is 0.422. The summed E-state index contributed by atoms with van der Waals surface area (Å²) in [7, 11) is 0. The van der Waals surface area contributed by atoms with Gasteiger partial charge in [-0.3, -0.25) is 9.69 Å². The zero-order valence-corrected chi connectivity index (χ0v) is 17.0. The van der Waals surface area contributed by atoms with E-state index in [1.807, 2.05) is 91.1 Å². The third-order valence-corrected chi connectivity index (χ3v) is 5.93. The smallest absolute Gasteiger partial charge is 0.267 e.